The maximum Gasteiger partial charge on any atom is 0.242 e. The summed E-state index contributed by atoms with van der Waals surface area (Å²) in [5.74, 6) is 0.674. The lowest BCUT2D eigenvalue weighted by molar-refractivity contribution is 0.0763. The number of hydrogen-bond donors (Lipinski definition) is 0. The molecule has 0 radical (unpaired) electrons. The third kappa shape index (κ3) is 9.39. The van der Waals surface area contributed by atoms with E-state index in [1.165, 1.54) is 0 Å². The molecule has 0 N–H and O–H groups in total. The fourth-order valence-corrected chi connectivity index (χ4v) is 1.60. The molecule has 0 aliphatic heterocycles. The molecule has 0 heterocycles. The van der Waals surface area contributed by atoms with Crippen LogP contribution in [0.15, 0.2) is 24.7 Å². The van der Waals surface area contributed by atoms with Crippen LogP contribution in [0.5, 0.6) is 0 Å². The lowest BCUT2D eigenvalue weighted by atomic mass is 10.2. The molecule has 0 unspecified atom stereocenters. The molecule has 0 aromatic carbocycles. The summed E-state index contributed by atoms with van der Waals surface area (Å²) in [6, 6.07) is 0. The molecule has 3 heteroatoms. The van der Waals surface area contributed by atoms with Gasteiger partial charge in [-0.25, -0.2) is 0 Å². The van der Waals surface area contributed by atoms with Gasteiger partial charge in [0.05, 0.1) is 17.6 Å². The Labute approximate surface area is 88.7 Å². The Kier molecular flexibility index (Phi) is 4.45. The quantitative estimate of drug-likeness (QED) is 0.404. The average Bonchev–Trinajstić information content (AvgIpc) is 1.78. The van der Waals surface area contributed by atoms with E-state index in [0.717, 1.165) is 0 Å². The highest BCUT2D eigenvalue weighted by Gasteiger charge is 2.15. The first-order valence-corrected chi connectivity index (χ1v) is 8.23. The second kappa shape index (κ2) is 4.69. The van der Waals surface area contributed by atoms with E-state index in [9.17, 15) is 0 Å². The first-order chi connectivity index (χ1) is 6.10. The van der Waals surface area contributed by atoms with Crippen LogP contribution in [0.1, 0.15) is 20.8 Å². The van der Waals surface area contributed by atoms with Crippen molar-refractivity contribution in [2.45, 2.75) is 46.0 Å². The third-order valence-electron chi connectivity index (χ3n) is 1.11. The summed E-state index contributed by atoms with van der Waals surface area (Å²) in [4.78, 5) is 0. The molecule has 0 amide bonds. The Morgan fingerprint density at radius 2 is 1.71 bits per heavy atom. The lowest BCUT2D eigenvalue weighted by Crippen LogP contribution is -2.24. The summed E-state index contributed by atoms with van der Waals surface area (Å²) < 4.78 is 11.0. The molecule has 82 valence electrons. The van der Waals surface area contributed by atoms with Crippen LogP contribution in [-0.4, -0.2) is 13.9 Å². The molecule has 0 saturated carbocycles. The first kappa shape index (κ1) is 13.3. The van der Waals surface area contributed by atoms with E-state index in [1.807, 2.05) is 20.8 Å². The molecular formula is C11H22O2Si. The summed E-state index contributed by atoms with van der Waals surface area (Å²) in [6.07, 6.45) is 3.41. The largest absolute Gasteiger partial charge is 0.545 e. The zero-order valence-corrected chi connectivity index (χ0v) is 11.2. The van der Waals surface area contributed by atoms with Crippen molar-refractivity contribution in [2.75, 3.05) is 0 Å². The normalized spacial score (nSPS) is 13.0. The van der Waals surface area contributed by atoms with E-state index >= 15 is 0 Å². The van der Waals surface area contributed by atoms with Crippen molar-refractivity contribution in [2.24, 2.45) is 0 Å². The minimum atomic E-state index is -1.52. The molecule has 0 aliphatic carbocycles. The van der Waals surface area contributed by atoms with E-state index in [4.69, 9.17) is 9.16 Å². The van der Waals surface area contributed by atoms with Crippen LogP contribution < -0.4 is 0 Å². The highest BCUT2D eigenvalue weighted by Crippen LogP contribution is 2.11. The summed E-state index contributed by atoms with van der Waals surface area (Å²) in [5, 5.41) is 0. The molecule has 2 nitrogen and oxygen atoms in total. The predicted octanol–water partition coefficient (Wildman–Crippen LogP) is 3.68. The van der Waals surface area contributed by atoms with Gasteiger partial charge in [-0.1, -0.05) is 6.58 Å². The van der Waals surface area contributed by atoms with Crippen LogP contribution >= 0.6 is 0 Å². The van der Waals surface area contributed by atoms with Gasteiger partial charge in [0.25, 0.3) is 0 Å². The van der Waals surface area contributed by atoms with E-state index in [2.05, 4.69) is 26.2 Å². The molecular weight excluding hydrogens is 192 g/mol. The van der Waals surface area contributed by atoms with Gasteiger partial charge in [0.1, 0.15) is 0 Å². The van der Waals surface area contributed by atoms with Crippen LogP contribution in [0.2, 0.25) is 19.6 Å². The van der Waals surface area contributed by atoms with E-state index in [-0.39, 0.29) is 5.60 Å². The maximum atomic E-state index is 5.63. The van der Waals surface area contributed by atoms with Crippen molar-refractivity contribution in [3.63, 3.8) is 0 Å². The van der Waals surface area contributed by atoms with Gasteiger partial charge in [-0.2, -0.15) is 0 Å². The van der Waals surface area contributed by atoms with Crippen LogP contribution in [0, 0.1) is 0 Å². The Balaban J connectivity index is 3.96. The standard InChI is InChI=1S/C11H22O2Si/c1-10(13-14(5,6)7)8-9-12-11(2,3)4/h8-9H,1H2,2-7H3/b9-8+. The Hall–Kier alpha value is -0.703. The monoisotopic (exact) mass is 214 g/mol. The Morgan fingerprint density at radius 1 is 1.21 bits per heavy atom. The van der Waals surface area contributed by atoms with Crippen LogP contribution in [0.3, 0.4) is 0 Å². The van der Waals surface area contributed by atoms with Crippen molar-refractivity contribution in [1.82, 2.24) is 0 Å². The van der Waals surface area contributed by atoms with Crippen molar-refractivity contribution in [3.8, 4) is 0 Å². The van der Waals surface area contributed by atoms with Gasteiger partial charge >= 0.3 is 0 Å². The average molecular weight is 214 g/mol. The number of hydrogen-bond acceptors (Lipinski definition) is 2. The second-order valence-corrected chi connectivity index (χ2v) is 9.64. The molecule has 0 saturated heterocycles. The van der Waals surface area contributed by atoms with Crippen molar-refractivity contribution in [3.05, 3.63) is 24.7 Å². The number of ether oxygens (including phenoxy) is 1. The zero-order chi connectivity index (χ0) is 11.4. The zero-order valence-electron chi connectivity index (χ0n) is 10.2. The fourth-order valence-electron chi connectivity index (χ4n) is 0.741. The molecule has 0 bridgehead atoms. The lowest BCUT2D eigenvalue weighted by Gasteiger charge is -2.20. The van der Waals surface area contributed by atoms with Crippen LogP contribution in [-0.2, 0) is 9.16 Å². The molecule has 0 aromatic rings. The third-order valence-corrected chi connectivity index (χ3v) is 1.99. The molecule has 0 atom stereocenters. The topological polar surface area (TPSA) is 18.5 Å². The van der Waals surface area contributed by atoms with E-state index < -0.39 is 8.32 Å². The maximum absolute atomic E-state index is 5.63. The first-order valence-electron chi connectivity index (χ1n) is 4.82. The fraction of sp³-hybridized carbons (Fsp3) is 0.636. The summed E-state index contributed by atoms with van der Waals surface area (Å²) >= 11 is 0. The predicted molar refractivity (Wildman–Crippen MR) is 63.5 cm³/mol. The highest BCUT2D eigenvalue weighted by molar-refractivity contribution is 6.70. The minimum Gasteiger partial charge on any atom is -0.545 e. The van der Waals surface area contributed by atoms with Gasteiger partial charge in [0.15, 0.2) is 0 Å². The smallest absolute Gasteiger partial charge is 0.242 e. The van der Waals surface area contributed by atoms with Gasteiger partial charge in [-0.05, 0) is 40.4 Å². The summed E-state index contributed by atoms with van der Waals surface area (Å²) in [6.45, 7) is 16.2. The van der Waals surface area contributed by atoms with Gasteiger partial charge in [0, 0.05) is 6.08 Å². The van der Waals surface area contributed by atoms with Gasteiger partial charge in [-0.3, -0.25) is 0 Å². The molecule has 14 heavy (non-hydrogen) atoms. The molecule has 0 spiro atoms. The summed E-state index contributed by atoms with van der Waals surface area (Å²) in [5.41, 5.74) is -0.157. The molecule has 0 aromatic heterocycles. The van der Waals surface area contributed by atoms with Crippen molar-refractivity contribution >= 4 is 8.32 Å². The Morgan fingerprint density at radius 3 is 2.07 bits per heavy atom. The van der Waals surface area contributed by atoms with Crippen molar-refractivity contribution < 1.29 is 9.16 Å². The van der Waals surface area contributed by atoms with E-state index in [1.54, 1.807) is 12.3 Å². The highest BCUT2D eigenvalue weighted by atomic mass is 28.4. The summed E-state index contributed by atoms with van der Waals surface area (Å²) in [7, 11) is -1.52. The SMILES string of the molecule is C=C(/C=C/OC(C)(C)C)O[Si](C)(C)C. The number of allylic oxidation sites excluding steroid dienone is 1. The molecule has 0 rings (SSSR count). The van der Waals surface area contributed by atoms with Crippen LogP contribution in [0.4, 0.5) is 0 Å². The number of rotatable bonds is 4. The second-order valence-electron chi connectivity index (χ2n) is 5.21. The van der Waals surface area contributed by atoms with Crippen molar-refractivity contribution in [1.29, 1.82) is 0 Å². The van der Waals surface area contributed by atoms with Gasteiger partial charge in [0.2, 0.25) is 8.32 Å². The minimum absolute atomic E-state index is 0.157. The molecule has 0 fully saturated rings. The molecule has 0 aliphatic rings. The van der Waals surface area contributed by atoms with Gasteiger partial charge < -0.3 is 9.16 Å². The van der Waals surface area contributed by atoms with E-state index in [0.29, 0.717) is 5.76 Å². The Bertz CT molecular complexity index is 218. The van der Waals surface area contributed by atoms with Gasteiger partial charge in [-0.15, -0.1) is 0 Å². The van der Waals surface area contributed by atoms with Crippen LogP contribution in [0.25, 0.3) is 0 Å².